The first-order chi connectivity index (χ1) is 12.4. The van der Waals surface area contributed by atoms with Gasteiger partial charge in [-0.2, -0.15) is 10.1 Å². The molecule has 0 unspecified atom stereocenters. The Morgan fingerprint density at radius 3 is 2.58 bits per heavy atom. The lowest BCUT2D eigenvalue weighted by atomic mass is 10.2. The van der Waals surface area contributed by atoms with Crippen LogP contribution in [-0.2, 0) is 20.6 Å². The van der Waals surface area contributed by atoms with E-state index in [-0.39, 0.29) is 0 Å². The number of anilines is 1. The van der Waals surface area contributed by atoms with Crippen LogP contribution in [-0.4, -0.2) is 24.9 Å². The summed E-state index contributed by atoms with van der Waals surface area (Å²) in [5.74, 6) is 0.353. The molecule has 3 aromatic rings. The fraction of sp³-hybridized carbons (Fsp3) is 0.176. The van der Waals surface area contributed by atoms with Gasteiger partial charge in [-0.05, 0) is 17.7 Å². The zero-order valence-electron chi connectivity index (χ0n) is 14.3. The second-order valence-corrected chi connectivity index (χ2v) is 6.55. The van der Waals surface area contributed by atoms with E-state index in [0.717, 1.165) is 14.6 Å². The number of hydrazone groups is 1. The lowest BCUT2D eigenvalue weighted by molar-refractivity contribution is 0.703. The smallest absolute Gasteiger partial charge is 0.299 e. The molecule has 2 heterocycles. The maximum Gasteiger partial charge on any atom is 0.332 e. The van der Waals surface area contributed by atoms with Gasteiger partial charge in [-0.1, -0.05) is 34.1 Å². The molecule has 9 heteroatoms. The van der Waals surface area contributed by atoms with Crippen molar-refractivity contribution in [2.24, 2.45) is 19.2 Å². The van der Waals surface area contributed by atoms with E-state index in [2.05, 4.69) is 38.0 Å². The van der Waals surface area contributed by atoms with E-state index in [4.69, 9.17) is 0 Å². The highest BCUT2D eigenvalue weighted by Crippen LogP contribution is 2.15. The SMILES string of the molecule is C=CCn1c(N/N=C/c2ccc(Br)cc2)nc2c1c(=O)n(C)c(=O)n2C. The second-order valence-electron chi connectivity index (χ2n) is 5.63. The highest BCUT2D eigenvalue weighted by atomic mass is 79.9. The van der Waals surface area contributed by atoms with Crippen LogP contribution in [0.2, 0.25) is 0 Å². The first-order valence-electron chi connectivity index (χ1n) is 7.76. The molecule has 0 spiro atoms. The molecular weight excluding hydrogens is 400 g/mol. The molecule has 1 N–H and O–H groups in total. The average molecular weight is 417 g/mol. The predicted octanol–water partition coefficient (Wildman–Crippen LogP) is 1.83. The summed E-state index contributed by atoms with van der Waals surface area (Å²) in [4.78, 5) is 29.0. The summed E-state index contributed by atoms with van der Waals surface area (Å²) in [6, 6.07) is 7.63. The lowest BCUT2D eigenvalue weighted by Gasteiger charge is -2.06. The van der Waals surface area contributed by atoms with E-state index in [1.807, 2.05) is 24.3 Å². The Morgan fingerprint density at radius 1 is 1.23 bits per heavy atom. The monoisotopic (exact) mass is 416 g/mol. The van der Waals surface area contributed by atoms with E-state index in [9.17, 15) is 9.59 Å². The van der Waals surface area contributed by atoms with Gasteiger partial charge in [0, 0.05) is 25.1 Å². The van der Waals surface area contributed by atoms with Crippen molar-refractivity contribution < 1.29 is 0 Å². The summed E-state index contributed by atoms with van der Waals surface area (Å²) in [5.41, 5.74) is 3.50. The fourth-order valence-corrected chi connectivity index (χ4v) is 2.82. The summed E-state index contributed by atoms with van der Waals surface area (Å²) >= 11 is 3.38. The van der Waals surface area contributed by atoms with E-state index >= 15 is 0 Å². The summed E-state index contributed by atoms with van der Waals surface area (Å²) in [6.07, 6.45) is 3.29. The van der Waals surface area contributed by atoms with Crippen molar-refractivity contribution in [1.82, 2.24) is 18.7 Å². The Balaban J connectivity index is 2.06. The van der Waals surface area contributed by atoms with Crippen molar-refractivity contribution in [3.05, 3.63) is 67.8 Å². The van der Waals surface area contributed by atoms with Crippen LogP contribution in [0.1, 0.15) is 5.56 Å². The van der Waals surface area contributed by atoms with Crippen LogP contribution in [0.3, 0.4) is 0 Å². The number of nitrogens with zero attached hydrogens (tertiary/aromatic N) is 5. The van der Waals surface area contributed by atoms with Gasteiger partial charge in [-0.3, -0.25) is 18.5 Å². The van der Waals surface area contributed by atoms with Crippen LogP contribution < -0.4 is 16.7 Å². The van der Waals surface area contributed by atoms with E-state index in [1.165, 1.54) is 11.6 Å². The van der Waals surface area contributed by atoms with Crippen LogP contribution in [0.25, 0.3) is 11.2 Å². The van der Waals surface area contributed by atoms with Crippen molar-refractivity contribution in [1.29, 1.82) is 0 Å². The zero-order chi connectivity index (χ0) is 18.8. The number of hydrogen-bond acceptors (Lipinski definition) is 5. The molecule has 0 amide bonds. The molecule has 0 fully saturated rings. The van der Waals surface area contributed by atoms with Crippen molar-refractivity contribution >= 4 is 39.3 Å². The maximum atomic E-state index is 12.5. The third-order valence-electron chi connectivity index (χ3n) is 3.91. The van der Waals surface area contributed by atoms with Gasteiger partial charge in [0.05, 0.1) is 6.21 Å². The number of hydrogen-bond donors (Lipinski definition) is 1. The summed E-state index contributed by atoms with van der Waals surface area (Å²) in [6.45, 7) is 4.06. The van der Waals surface area contributed by atoms with Gasteiger partial charge in [-0.25, -0.2) is 10.2 Å². The molecule has 0 aliphatic heterocycles. The average Bonchev–Trinajstić information content (AvgIpc) is 2.99. The van der Waals surface area contributed by atoms with Crippen LogP contribution in [0, 0.1) is 0 Å². The van der Waals surface area contributed by atoms with Gasteiger partial charge in [-0.15, -0.1) is 6.58 Å². The van der Waals surface area contributed by atoms with Gasteiger partial charge in [0.15, 0.2) is 11.2 Å². The minimum Gasteiger partial charge on any atom is -0.299 e. The number of halogens is 1. The summed E-state index contributed by atoms with van der Waals surface area (Å²) < 4.78 is 5.01. The van der Waals surface area contributed by atoms with Crippen molar-refractivity contribution in [3.63, 3.8) is 0 Å². The molecule has 0 saturated heterocycles. The highest BCUT2D eigenvalue weighted by Gasteiger charge is 2.18. The first kappa shape index (κ1) is 17.9. The molecule has 0 aliphatic rings. The zero-order valence-corrected chi connectivity index (χ0v) is 15.9. The molecule has 2 aromatic heterocycles. The largest absolute Gasteiger partial charge is 0.332 e. The molecular formula is C17H17BrN6O2. The number of imidazole rings is 1. The minimum absolute atomic E-state index is 0.293. The number of benzene rings is 1. The number of aromatic nitrogens is 4. The molecule has 0 atom stereocenters. The number of nitrogens with one attached hydrogen (secondary N) is 1. The number of rotatable bonds is 5. The second kappa shape index (κ2) is 7.12. The molecule has 1 aromatic carbocycles. The Bertz CT molecular complexity index is 1120. The Labute approximate surface area is 157 Å². The van der Waals surface area contributed by atoms with Crippen LogP contribution in [0.5, 0.6) is 0 Å². The Kier molecular flexibility index (Phi) is 4.90. The lowest BCUT2D eigenvalue weighted by Crippen LogP contribution is -2.37. The van der Waals surface area contributed by atoms with E-state index in [0.29, 0.717) is 23.7 Å². The molecule has 0 aliphatic carbocycles. The fourth-order valence-electron chi connectivity index (χ4n) is 2.55. The third-order valence-corrected chi connectivity index (χ3v) is 4.44. The Hall–Kier alpha value is -2.94. The maximum absolute atomic E-state index is 12.5. The minimum atomic E-state index is -0.435. The Morgan fingerprint density at radius 2 is 1.92 bits per heavy atom. The molecule has 0 radical (unpaired) electrons. The van der Waals surface area contributed by atoms with Crippen molar-refractivity contribution in [3.8, 4) is 0 Å². The molecule has 26 heavy (non-hydrogen) atoms. The van der Waals surface area contributed by atoms with Crippen LogP contribution >= 0.6 is 15.9 Å². The van der Waals surface area contributed by atoms with Crippen molar-refractivity contribution in [2.45, 2.75) is 6.54 Å². The predicted molar refractivity (Wildman–Crippen MR) is 106 cm³/mol. The number of aryl methyl sites for hydroxylation is 1. The molecule has 0 saturated carbocycles. The quantitative estimate of drug-likeness (QED) is 0.390. The first-order valence-corrected chi connectivity index (χ1v) is 8.55. The highest BCUT2D eigenvalue weighted by molar-refractivity contribution is 9.10. The third kappa shape index (κ3) is 3.13. The standard InChI is InChI=1S/C17H17BrN6O2/c1-4-9-24-13-14(22(2)17(26)23(3)15(13)25)20-16(24)21-19-10-11-5-7-12(18)8-6-11/h4-8,10H,1,9H2,2-3H3,(H,20,21)/b19-10+. The van der Waals surface area contributed by atoms with Crippen molar-refractivity contribution in [2.75, 3.05) is 5.43 Å². The number of fused-ring (bicyclic) bond motifs is 1. The molecule has 3 rings (SSSR count). The summed E-state index contributed by atoms with van der Waals surface area (Å²) in [5, 5.41) is 4.18. The van der Waals surface area contributed by atoms with Gasteiger partial charge in [0.2, 0.25) is 5.95 Å². The normalized spacial score (nSPS) is 11.3. The summed E-state index contributed by atoms with van der Waals surface area (Å²) in [7, 11) is 3.01. The van der Waals surface area contributed by atoms with Crippen LogP contribution in [0.4, 0.5) is 5.95 Å². The van der Waals surface area contributed by atoms with Gasteiger partial charge >= 0.3 is 5.69 Å². The molecule has 0 bridgehead atoms. The van der Waals surface area contributed by atoms with E-state index in [1.54, 1.807) is 23.9 Å². The molecule has 8 nitrogen and oxygen atoms in total. The van der Waals surface area contributed by atoms with Gasteiger partial charge < -0.3 is 0 Å². The van der Waals surface area contributed by atoms with Gasteiger partial charge in [0.25, 0.3) is 5.56 Å². The van der Waals surface area contributed by atoms with E-state index < -0.39 is 11.2 Å². The topological polar surface area (TPSA) is 86.2 Å². The number of allylic oxidation sites excluding steroid dienone is 1. The van der Waals surface area contributed by atoms with Crippen LogP contribution in [0.15, 0.2) is 56.1 Å². The van der Waals surface area contributed by atoms with Gasteiger partial charge in [0.1, 0.15) is 0 Å². The molecule has 134 valence electrons.